The second-order valence-electron chi connectivity index (χ2n) is 4.62. The number of methoxy groups -OCH3 is 1. The van der Waals surface area contributed by atoms with Gasteiger partial charge in [0.25, 0.3) is 0 Å². The average Bonchev–Trinajstić information content (AvgIpc) is 2.55. The average molecular weight is 321 g/mol. The number of nitrogens with one attached hydrogen (secondary N) is 1. The van der Waals surface area contributed by atoms with Crippen LogP contribution < -0.4 is 10.1 Å². The van der Waals surface area contributed by atoms with Crippen LogP contribution in [0.5, 0.6) is 5.75 Å². The van der Waals surface area contributed by atoms with Crippen molar-refractivity contribution in [3.05, 3.63) is 36.9 Å². The van der Waals surface area contributed by atoms with Gasteiger partial charge in [-0.25, -0.2) is 4.79 Å². The minimum Gasteiger partial charge on any atom is -0.497 e. The smallest absolute Gasteiger partial charge is 0.329 e. The van der Waals surface area contributed by atoms with E-state index in [9.17, 15) is 9.59 Å². The lowest BCUT2D eigenvalue weighted by Crippen LogP contribution is -2.42. The maximum absolute atomic E-state index is 12.2. The fourth-order valence-electron chi connectivity index (χ4n) is 2.00. The summed E-state index contributed by atoms with van der Waals surface area (Å²) in [6, 6.07) is 6.07. The third kappa shape index (κ3) is 5.32. The normalized spacial score (nSPS) is 12.7. The number of carbonyl (C=O) groups is 2. The van der Waals surface area contributed by atoms with E-state index >= 15 is 0 Å². The van der Waals surface area contributed by atoms with Gasteiger partial charge in [-0.2, -0.15) is 0 Å². The molecule has 0 radical (unpaired) electrons. The molecule has 0 amide bonds. The highest BCUT2D eigenvalue weighted by atomic mass is 16.5. The maximum Gasteiger partial charge on any atom is 0.329 e. The Bertz CT molecular complexity index is 526. The lowest BCUT2D eigenvalue weighted by molar-refractivity contribution is -0.153. The summed E-state index contributed by atoms with van der Waals surface area (Å²) >= 11 is 0. The summed E-state index contributed by atoms with van der Waals surface area (Å²) in [5.41, 5.74) is 0.653. The first-order valence-corrected chi connectivity index (χ1v) is 7.43. The first-order chi connectivity index (χ1) is 11.1. The molecule has 1 N–H and O–H groups in total. The fraction of sp³-hybridized carbons (Fsp3) is 0.412. The molecule has 0 aliphatic heterocycles. The molecule has 0 spiro atoms. The van der Waals surface area contributed by atoms with Gasteiger partial charge in [-0.3, -0.25) is 4.79 Å². The third-order valence-electron chi connectivity index (χ3n) is 3.12. The van der Waals surface area contributed by atoms with Crippen LogP contribution in [0.3, 0.4) is 0 Å². The zero-order valence-electron chi connectivity index (χ0n) is 13.7. The van der Waals surface area contributed by atoms with Crippen molar-refractivity contribution < 1.29 is 23.8 Å². The van der Waals surface area contributed by atoms with Crippen LogP contribution in [0.15, 0.2) is 36.9 Å². The SMILES string of the molecule is C=C[C@H](C(=O)OCC)[C@@H](Nc1ccc(OC)cc1)C(=O)OCC. The molecular formula is C17H23NO5. The summed E-state index contributed by atoms with van der Waals surface area (Å²) in [6.45, 7) is 7.47. The van der Waals surface area contributed by atoms with E-state index in [1.54, 1.807) is 45.2 Å². The first-order valence-electron chi connectivity index (χ1n) is 7.43. The monoisotopic (exact) mass is 321 g/mol. The number of rotatable bonds is 9. The Morgan fingerprint density at radius 3 is 2.17 bits per heavy atom. The third-order valence-corrected chi connectivity index (χ3v) is 3.12. The zero-order valence-corrected chi connectivity index (χ0v) is 13.7. The molecule has 6 nitrogen and oxygen atoms in total. The van der Waals surface area contributed by atoms with Crippen molar-refractivity contribution >= 4 is 17.6 Å². The summed E-state index contributed by atoms with van der Waals surface area (Å²) in [7, 11) is 1.57. The van der Waals surface area contributed by atoms with E-state index in [4.69, 9.17) is 14.2 Å². The summed E-state index contributed by atoms with van der Waals surface area (Å²) in [4.78, 5) is 24.3. The van der Waals surface area contributed by atoms with E-state index in [0.29, 0.717) is 11.4 Å². The van der Waals surface area contributed by atoms with E-state index in [1.165, 1.54) is 6.08 Å². The van der Waals surface area contributed by atoms with Crippen LogP contribution in [0.25, 0.3) is 0 Å². The molecule has 126 valence electrons. The van der Waals surface area contributed by atoms with Gasteiger partial charge < -0.3 is 19.5 Å². The lowest BCUT2D eigenvalue weighted by atomic mass is 9.99. The summed E-state index contributed by atoms with van der Waals surface area (Å²) in [5.74, 6) is -1.23. The van der Waals surface area contributed by atoms with Crippen molar-refractivity contribution in [3.8, 4) is 5.75 Å². The van der Waals surface area contributed by atoms with Gasteiger partial charge in [0.05, 0.1) is 20.3 Å². The molecule has 6 heteroatoms. The van der Waals surface area contributed by atoms with E-state index in [0.717, 1.165) is 0 Å². The topological polar surface area (TPSA) is 73.9 Å². The molecule has 0 aliphatic carbocycles. The van der Waals surface area contributed by atoms with Crippen molar-refractivity contribution in [1.82, 2.24) is 0 Å². The Hall–Kier alpha value is -2.50. The van der Waals surface area contributed by atoms with Crippen LogP contribution in [-0.4, -0.2) is 38.3 Å². The van der Waals surface area contributed by atoms with Gasteiger partial charge in [0.2, 0.25) is 0 Å². The van der Waals surface area contributed by atoms with E-state index < -0.39 is 23.9 Å². The van der Waals surface area contributed by atoms with Gasteiger partial charge in [-0.15, -0.1) is 6.58 Å². The van der Waals surface area contributed by atoms with Crippen molar-refractivity contribution in [2.45, 2.75) is 19.9 Å². The molecule has 0 fully saturated rings. The van der Waals surface area contributed by atoms with Crippen LogP contribution in [0, 0.1) is 5.92 Å². The lowest BCUT2D eigenvalue weighted by Gasteiger charge is -2.23. The molecule has 0 aromatic heterocycles. The molecule has 0 saturated heterocycles. The standard InChI is InChI=1S/C17H23NO5/c1-5-14(16(19)22-6-2)15(17(20)23-7-3)18-12-8-10-13(21-4)11-9-12/h5,8-11,14-15,18H,1,6-7H2,2-4H3/t14-,15+/m0/s1. The molecule has 2 atom stereocenters. The van der Waals surface area contributed by atoms with Gasteiger partial charge in [0.15, 0.2) is 0 Å². The first kappa shape index (κ1) is 18.5. The van der Waals surface area contributed by atoms with Crippen molar-refractivity contribution in [2.24, 2.45) is 5.92 Å². The quantitative estimate of drug-likeness (QED) is 0.556. The molecule has 1 rings (SSSR count). The summed E-state index contributed by atoms with van der Waals surface area (Å²) in [5, 5.41) is 3.00. The molecule has 0 aliphatic rings. The Morgan fingerprint density at radius 2 is 1.70 bits per heavy atom. The highest BCUT2D eigenvalue weighted by Gasteiger charge is 2.33. The Labute approximate surface area is 136 Å². The largest absolute Gasteiger partial charge is 0.497 e. The molecule has 0 heterocycles. The molecule has 1 aromatic carbocycles. The van der Waals surface area contributed by atoms with Gasteiger partial charge >= 0.3 is 11.9 Å². The van der Waals surface area contributed by atoms with Crippen LogP contribution in [-0.2, 0) is 19.1 Å². The minimum atomic E-state index is -0.917. The Morgan fingerprint density at radius 1 is 1.13 bits per heavy atom. The molecule has 1 aromatic rings. The van der Waals surface area contributed by atoms with Crippen molar-refractivity contribution in [3.63, 3.8) is 0 Å². The van der Waals surface area contributed by atoms with Gasteiger partial charge in [-0.1, -0.05) is 6.08 Å². The Balaban J connectivity index is 3.00. The second-order valence-corrected chi connectivity index (χ2v) is 4.62. The zero-order chi connectivity index (χ0) is 17.2. The number of ether oxygens (including phenoxy) is 3. The maximum atomic E-state index is 12.2. The number of hydrogen-bond donors (Lipinski definition) is 1. The summed E-state index contributed by atoms with van der Waals surface area (Å²) < 4.78 is 15.1. The predicted octanol–water partition coefficient (Wildman–Crippen LogP) is 2.40. The second kappa shape index (κ2) is 9.50. The summed E-state index contributed by atoms with van der Waals surface area (Å²) in [6.07, 6.45) is 1.39. The fourth-order valence-corrected chi connectivity index (χ4v) is 2.00. The molecule has 0 saturated carbocycles. The van der Waals surface area contributed by atoms with Crippen LogP contribution in [0.2, 0.25) is 0 Å². The highest BCUT2D eigenvalue weighted by molar-refractivity contribution is 5.88. The molecule has 0 bridgehead atoms. The molecular weight excluding hydrogens is 298 g/mol. The van der Waals surface area contributed by atoms with Crippen LogP contribution in [0.4, 0.5) is 5.69 Å². The van der Waals surface area contributed by atoms with E-state index in [1.807, 2.05) is 0 Å². The van der Waals surface area contributed by atoms with Crippen molar-refractivity contribution in [2.75, 3.05) is 25.6 Å². The molecule has 23 heavy (non-hydrogen) atoms. The van der Waals surface area contributed by atoms with E-state index in [-0.39, 0.29) is 13.2 Å². The van der Waals surface area contributed by atoms with Gasteiger partial charge in [0, 0.05) is 5.69 Å². The van der Waals surface area contributed by atoms with E-state index in [2.05, 4.69) is 11.9 Å². The van der Waals surface area contributed by atoms with Crippen molar-refractivity contribution in [1.29, 1.82) is 0 Å². The van der Waals surface area contributed by atoms with Gasteiger partial charge in [0.1, 0.15) is 17.7 Å². The predicted molar refractivity (Wildman–Crippen MR) is 87.4 cm³/mol. The molecule has 0 unspecified atom stereocenters. The minimum absolute atomic E-state index is 0.215. The van der Waals surface area contributed by atoms with Crippen LogP contribution in [0.1, 0.15) is 13.8 Å². The highest BCUT2D eigenvalue weighted by Crippen LogP contribution is 2.20. The number of anilines is 1. The van der Waals surface area contributed by atoms with Crippen LogP contribution >= 0.6 is 0 Å². The number of benzene rings is 1. The number of carbonyl (C=O) groups excluding carboxylic acids is 2. The number of esters is 2. The Kier molecular flexibility index (Phi) is 7.66. The number of hydrogen-bond acceptors (Lipinski definition) is 6. The van der Waals surface area contributed by atoms with Gasteiger partial charge in [-0.05, 0) is 38.1 Å².